The van der Waals surface area contributed by atoms with Crippen LogP contribution in [0.3, 0.4) is 0 Å². The molecule has 0 atom stereocenters. The Labute approximate surface area is 131 Å². The Hall–Kier alpha value is -1.26. The first kappa shape index (κ1) is 14.7. The molecule has 1 fully saturated rings. The lowest BCUT2D eigenvalue weighted by Gasteiger charge is -2.22. The van der Waals surface area contributed by atoms with Crippen molar-refractivity contribution in [2.45, 2.75) is 43.0 Å². The molecule has 0 unspecified atom stereocenters. The van der Waals surface area contributed by atoms with E-state index in [-0.39, 0.29) is 0 Å². The van der Waals surface area contributed by atoms with E-state index < -0.39 is 0 Å². The second kappa shape index (κ2) is 6.67. The molecule has 1 N–H and O–H groups in total. The van der Waals surface area contributed by atoms with Crippen LogP contribution in [0.25, 0.3) is 10.9 Å². The van der Waals surface area contributed by atoms with Crippen molar-refractivity contribution in [3.05, 3.63) is 30.3 Å². The molecule has 1 aromatic heterocycles. The lowest BCUT2D eigenvalue weighted by molar-refractivity contribution is 0.423. The molecule has 1 saturated carbocycles. The molecule has 1 heterocycles. The van der Waals surface area contributed by atoms with Gasteiger partial charge in [-0.2, -0.15) is 0 Å². The predicted octanol–water partition coefficient (Wildman–Crippen LogP) is 4.23. The molecule has 1 aliphatic carbocycles. The number of aromatic nitrogens is 1. The van der Waals surface area contributed by atoms with Gasteiger partial charge in [-0.1, -0.05) is 19.3 Å². The number of fused-ring (bicyclic) bond motifs is 1. The Morgan fingerprint density at radius 2 is 1.90 bits per heavy atom. The van der Waals surface area contributed by atoms with Crippen LogP contribution in [-0.4, -0.2) is 25.1 Å². The average Bonchev–Trinajstić information content (AvgIpc) is 2.53. The number of hydrogen-bond donors (Lipinski definition) is 1. The van der Waals surface area contributed by atoms with Gasteiger partial charge in [-0.15, -0.1) is 0 Å². The maximum atomic E-state index is 4.66. The summed E-state index contributed by atoms with van der Waals surface area (Å²) in [5.74, 6) is 1.00. The highest BCUT2D eigenvalue weighted by molar-refractivity contribution is 7.97. The number of nitrogens with one attached hydrogen (secondary N) is 1. The molecule has 0 spiro atoms. The van der Waals surface area contributed by atoms with Crippen LogP contribution in [0.2, 0.25) is 0 Å². The van der Waals surface area contributed by atoms with Gasteiger partial charge in [-0.3, -0.25) is 4.72 Å². The molecule has 21 heavy (non-hydrogen) atoms. The lowest BCUT2D eigenvalue weighted by atomic mass is 9.96. The molecule has 2 aromatic rings. The first-order valence-corrected chi connectivity index (χ1v) is 8.54. The first-order chi connectivity index (χ1) is 10.2. The standard InChI is InChI=1S/C17H23N3S/c1-20(2)17-11-8-13-12-15(9-10-16(13)18-17)21-19-14-6-4-3-5-7-14/h8-12,14,19H,3-7H2,1-2H3. The van der Waals surface area contributed by atoms with E-state index in [0.29, 0.717) is 6.04 Å². The Morgan fingerprint density at radius 1 is 1.10 bits per heavy atom. The molecular weight excluding hydrogens is 278 g/mol. The molecule has 112 valence electrons. The number of anilines is 1. The number of nitrogens with zero attached hydrogens (tertiary/aromatic N) is 2. The van der Waals surface area contributed by atoms with Gasteiger partial charge in [-0.25, -0.2) is 4.98 Å². The topological polar surface area (TPSA) is 28.2 Å². The number of hydrogen-bond acceptors (Lipinski definition) is 4. The van der Waals surface area contributed by atoms with Gasteiger partial charge in [0.1, 0.15) is 5.82 Å². The Morgan fingerprint density at radius 3 is 2.67 bits per heavy atom. The quantitative estimate of drug-likeness (QED) is 0.855. The van der Waals surface area contributed by atoms with Gasteiger partial charge in [0.2, 0.25) is 0 Å². The van der Waals surface area contributed by atoms with Gasteiger partial charge < -0.3 is 4.90 Å². The van der Waals surface area contributed by atoms with E-state index in [2.05, 4.69) is 40.0 Å². The fraction of sp³-hybridized carbons (Fsp3) is 0.471. The minimum Gasteiger partial charge on any atom is -0.363 e. The van der Waals surface area contributed by atoms with Crippen LogP contribution in [0.15, 0.2) is 35.2 Å². The predicted molar refractivity (Wildman–Crippen MR) is 91.9 cm³/mol. The Balaban J connectivity index is 1.70. The van der Waals surface area contributed by atoms with Crippen LogP contribution in [0, 0.1) is 0 Å². The summed E-state index contributed by atoms with van der Waals surface area (Å²) in [6.45, 7) is 0. The monoisotopic (exact) mass is 301 g/mol. The van der Waals surface area contributed by atoms with Crippen LogP contribution < -0.4 is 9.62 Å². The highest BCUT2D eigenvalue weighted by Gasteiger charge is 2.13. The zero-order chi connectivity index (χ0) is 14.7. The van der Waals surface area contributed by atoms with Gasteiger partial charge in [0.15, 0.2) is 0 Å². The summed E-state index contributed by atoms with van der Waals surface area (Å²) >= 11 is 1.76. The largest absolute Gasteiger partial charge is 0.363 e. The molecule has 0 radical (unpaired) electrons. The van der Waals surface area contributed by atoms with Crippen molar-refractivity contribution in [3.8, 4) is 0 Å². The van der Waals surface area contributed by atoms with Crippen molar-refractivity contribution in [1.29, 1.82) is 0 Å². The molecule has 0 amide bonds. The third kappa shape index (κ3) is 3.69. The van der Waals surface area contributed by atoms with Crippen molar-refractivity contribution in [2.75, 3.05) is 19.0 Å². The average molecular weight is 301 g/mol. The maximum absolute atomic E-state index is 4.66. The zero-order valence-electron chi connectivity index (χ0n) is 12.8. The van der Waals surface area contributed by atoms with Crippen molar-refractivity contribution in [2.24, 2.45) is 0 Å². The summed E-state index contributed by atoms with van der Waals surface area (Å²) in [6, 6.07) is 11.4. The zero-order valence-corrected chi connectivity index (χ0v) is 13.6. The minimum absolute atomic E-state index is 0.675. The second-order valence-corrected chi connectivity index (χ2v) is 6.88. The summed E-state index contributed by atoms with van der Waals surface area (Å²) in [7, 11) is 4.04. The summed E-state index contributed by atoms with van der Waals surface area (Å²) < 4.78 is 3.62. The van der Waals surface area contributed by atoms with Crippen LogP contribution in [0.5, 0.6) is 0 Å². The van der Waals surface area contributed by atoms with Crippen molar-refractivity contribution in [3.63, 3.8) is 0 Å². The van der Waals surface area contributed by atoms with Gasteiger partial charge in [0.05, 0.1) is 5.52 Å². The highest BCUT2D eigenvalue weighted by Crippen LogP contribution is 2.25. The molecule has 0 bridgehead atoms. The van der Waals surface area contributed by atoms with Crippen LogP contribution >= 0.6 is 11.9 Å². The highest BCUT2D eigenvalue weighted by atomic mass is 32.2. The molecule has 0 saturated heterocycles. The molecule has 3 nitrogen and oxygen atoms in total. The number of benzene rings is 1. The number of rotatable bonds is 4. The first-order valence-electron chi connectivity index (χ1n) is 7.73. The third-order valence-corrected chi connectivity index (χ3v) is 4.99. The van der Waals surface area contributed by atoms with Crippen molar-refractivity contribution >= 4 is 28.7 Å². The van der Waals surface area contributed by atoms with Crippen LogP contribution in [0.1, 0.15) is 32.1 Å². The molecule has 0 aliphatic heterocycles. The van der Waals surface area contributed by atoms with Crippen LogP contribution in [0.4, 0.5) is 5.82 Å². The maximum Gasteiger partial charge on any atom is 0.128 e. The van der Waals surface area contributed by atoms with E-state index in [1.54, 1.807) is 11.9 Å². The van der Waals surface area contributed by atoms with E-state index in [0.717, 1.165) is 11.3 Å². The van der Waals surface area contributed by atoms with E-state index in [9.17, 15) is 0 Å². The van der Waals surface area contributed by atoms with Crippen LogP contribution in [-0.2, 0) is 0 Å². The SMILES string of the molecule is CN(C)c1ccc2cc(SNC3CCCCC3)ccc2n1. The molecule has 1 aliphatic rings. The Bertz CT molecular complexity index is 606. The molecule has 3 rings (SSSR count). The van der Waals surface area contributed by atoms with E-state index in [1.165, 1.54) is 42.4 Å². The van der Waals surface area contributed by atoms with E-state index >= 15 is 0 Å². The van der Waals surface area contributed by atoms with Gasteiger partial charge >= 0.3 is 0 Å². The molecule has 1 aromatic carbocycles. The smallest absolute Gasteiger partial charge is 0.128 e. The molecule has 4 heteroatoms. The fourth-order valence-corrected chi connectivity index (χ4v) is 3.64. The van der Waals surface area contributed by atoms with E-state index in [4.69, 9.17) is 0 Å². The fourth-order valence-electron chi connectivity index (χ4n) is 2.78. The summed E-state index contributed by atoms with van der Waals surface area (Å²) in [4.78, 5) is 7.97. The number of pyridine rings is 1. The van der Waals surface area contributed by atoms with Gasteiger partial charge in [-0.05, 0) is 55.1 Å². The van der Waals surface area contributed by atoms with Gasteiger partial charge in [0.25, 0.3) is 0 Å². The van der Waals surface area contributed by atoms with E-state index in [1.807, 2.05) is 19.0 Å². The molecular formula is C17H23N3S. The Kier molecular flexibility index (Phi) is 4.66. The normalized spacial score (nSPS) is 16.3. The summed E-state index contributed by atoms with van der Waals surface area (Å²) in [5.41, 5.74) is 1.06. The van der Waals surface area contributed by atoms with Crippen molar-refractivity contribution < 1.29 is 0 Å². The summed E-state index contributed by atoms with van der Waals surface area (Å²) in [5, 5.41) is 1.20. The van der Waals surface area contributed by atoms with Gasteiger partial charge in [0, 0.05) is 30.4 Å². The summed E-state index contributed by atoms with van der Waals surface area (Å²) in [6.07, 6.45) is 6.77. The minimum atomic E-state index is 0.675. The third-order valence-electron chi connectivity index (χ3n) is 4.05. The second-order valence-electron chi connectivity index (χ2n) is 5.97. The van der Waals surface area contributed by atoms with Crippen molar-refractivity contribution in [1.82, 2.24) is 9.71 Å². The lowest BCUT2D eigenvalue weighted by Crippen LogP contribution is -2.25.